The molecule has 3 amide bonds. The first-order valence-electron chi connectivity index (χ1n) is 4.24. The molecule has 1 aromatic carbocycles. The molecule has 0 unspecified atom stereocenters. The number of nitrogens with two attached hydrogens (primary N) is 1. The highest BCUT2D eigenvalue weighted by atomic mass is 19.1. The number of amides is 3. The Balaban J connectivity index is 2.29. The number of imide groups is 1. The summed E-state index contributed by atoms with van der Waals surface area (Å²) in [4.78, 5) is 23.7. The van der Waals surface area contributed by atoms with Gasteiger partial charge in [-0.15, -0.1) is 0 Å². The zero-order chi connectivity index (χ0) is 11.0. The van der Waals surface area contributed by atoms with E-state index in [0.717, 1.165) is 0 Å². The number of halogens is 1. The van der Waals surface area contributed by atoms with E-state index in [0.29, 0.717) is 10.7 Å². The van der Waals surface area contributed by atoms with Gasteiger partial charge in [0.05, 0.1) is 0 Å². The number of rotatable bonds is 1. The van der Waals surface area contributed by atoms with Crippen molar-refractivity contribution in [2.24, 2.45) is 5.84 Å². The summed E-state index contributed by atoms with van der Waals surface area (Å²) >= 11 is 0. The maximum Gasteiger partial charge on any atom is 0.346 e. The number of nitrogens with zero attached hydrogens (tertiary/aromatic N) is 2. The lowest BCUT2D eigenvalue weighted by Gasteiger charge is -2.13. The van der Waals surface area contributed by atoms with Gasteiger partial charge in [-0.25, -0.2) is 15.0 Å². The van der Waals surface area contributed by atoms with E-state index < -0.39 is 17.8 Å². The molecule has 0 aromatic heterocycles. The lowest BCUT2D eigenvalue weighted by molar-refractivity contribution is -0.125. The van der Waals surface area contributed by atoms with E-state index in [1.54, 1.807) is 0 Å². The van der Waals surface area contributed by atoms with Crippen molar-refractivity contribution in [3.05, 3.63) is 30.1 Å². The molecule has 6 heteroatoms. The fraction of sp³-hybridized carbons (Fsp3) is 0.111. The summed E-state index contributed by atoms with van der Waals surface area (Å²) in [7, 11) is 0. The summed E-state index contributed by atoms with van der Waals surface area (Å²) < 4.78 is 12.6. The van der Waals surface area contributed by atoms with Crippen molar-refractivity contribution in [1.29, 1.82) is 0 Å². The summed E-state index contributed by atoms with van der Waals surface area (Å²) in [5.74, 6) is 4.31. The minimum absolute atomic E-state index is 0.110. The lowest BCUT2D eigenvalue weighted by atomic mass is 10.3. The molecule has 1 aromatic rings. The number of carbonyl (C=O) groups excluding carboxylic acids is 2. The molecule has 0 bridgehead atoms. The first kappa shape index (κ1) is 9.60. The van der Waals surface area contributed by atoms with Gasteiger partial charge in [0.25, 0.3) is 5.91 Å². The second-order valence-electron chi connectivity index (χ2n) is 3.11. The van der Waals surface area contributed by atoms with Gasteiger partial charge in [0, 0.05) is 5.69 Å². The van der Waals surface area contributed by atoms with Crippen LogP contribution in [0.3, 0.4) is 0 Å². The molecular formula is C9H8FN3O2. The monoisotopic (exact) mass is 209 g/mol. The Bertz CT molecular complexity index is 418. The molecule has 1 aliphatic heterocycles. The number of urea groups is 1. The van der Waals surface area contributed by atoms with Crippen LogP contribution in [0.1, 0.15) is 0 Å². The van der Waals surface area contributed by atoms with E-state index in [9.17, 15) is 14.0 Å². The van der Waals surface area contributed by atoms with Gasteiger partial charge >= 0.3 is 6.03 Å². The Kier molecular flexibility index (Phi) is 2.12. The molecule has 0 radical (unpaired) electrons. The van der Waals surface area contributed by atoms with E-state index in [1.165, 1.54) is 29.2 Å². The summed E-state index contributed by atoms with van der Waals surface area (Å²) in [6, 6.07) is 4.66. The smallest absolute Gasteiger partial charge is 0.283 e. The minimum atomic E-state index is -0.605. The van der Waals surface area contributed by atoms with Gasteiger partial charge < -0.3 is 0 Å². The quantitative estimate of drug-likeness (QED) is 0.415. The standard InChI is InChI=1S/C9H8FN3O2/c10-6-1-3-7(4-2-6)12-5-8(14)13(11)9(12)15/h1-4H,5,11H2. The maximum atomic E-state index is 12.6. The Morgan fingerprint density at radius 1 is 1.20 bits per heavy atom. The largest absolute Gasteiger partial charge is 0.346 e. The summed E-state index contributed by atoms with van der Waals surface area (Å²) in [5, 5.41) is 0.545. The highest BCUT2D eigenvalue weighted by Gasteiger charge is 2.34. The van der Waals surface area contributed by atoms with Crippen LogP contribution in [0.4, 0.5) is 14.9 Å². The zero-order valence-electron chi connectivity index (χ0n) is 7.68. The van der Waals surface area contributed by atoms with Gasteiger partial charge in [-0.2, -0.15) is 5.01 Å². The molecule has 2 rings (SSSR count). The van der Waals surface area contributed by atoms with E-state index in [2.05, 4.69) is 0 Å². The number of hydrogen-bond acceptors (Lipinski definition) is 3. The van der Waals surface area contributed by atoms with Crippen molar-refractivity contribution in [2.45, 2.75) is 0 Å². The SMILES string of the molecule is NN1C(=O)CN(c2ccc(F)cc2)C1=O. The Hall–Kier alpha value is -1.95. The second kappa shape index (κ2) is 3.32. The molecule has 0 spiro atoms. The molecule has 1 heterocycles. The fourth-order valence-electron chi connectivity index (χ4n) is 1.34. The van der Waals surface area contributed by atoms with Crippen LogP contribution in [0.2, 0.25) is 0 Å². The summed E-state index contributed by atoms with van der Waals surface area (Å²) in [5.41, 5.74) is 0.447. The van der Waals surface area contributed by atoms with E-state index in [4.69, 9.17) is 5.84 Å². The van der Waals surface area contributed by atoms with Gasteiger partial charge in [-0.05, 0) is 24.3 Å². The molecule has 0 saturated carbocycles. The number of carbonyl (C=O) groups is 2. The van der Waals surface area contributed by atoms with Crippen molar-refractivity contribution < 1.29 is 14.0 Å². The molecule has 1 saturated heterocycles. The molecule has 78 valence electrons. The van der Waals surface area contributed by atoms with Crippen LogP contribution >= 0.6 is 0 Å². The van der Waals surface area contributed by atoms with E-state index >= 15 is 0 Å². The van der Waals surface area contributed by atoms with Gasteiger partial charge in [0.1, 0.15) is 12.4 Å². The summed E-state index contributed by atoms with van der Waals surface area (Å²) in [6.45, 7) is -0.110. The number of hydrogen-bond donors (Lipinski definition) is 1. The molecular weight excluding hydrogens is 201 g/mol. The van der Waals surface area contributed by atoms with Crippen LogP contribution in [0.15, 0.2) is 24.3 Å². The van der Waals surface area contributed by atoms with Crippen LogP contribution in [0.5, 0.6) is 0 Å². The van der Waals surface area contributed by atoms with Crippen LogP contribution < -0.4 is 10.7 Å². The van der Waals surface area contributed by atoms with E-state index in [1.807, 2.05) is 0 Å². The van der Waals surface area contributed by atoms with Gasteiger partial charge in [0.15, 0.2) is 0 Å². The third-order valence-corrected chi connectivity index (χ3v) is 2.14. The Morgan fingerprint density at radius 3 is 2.27 bits per heavy atom. The highest BCUT2D eigenvalue weighted by molar-refractivity contribution is 6.11. The van der Waals surface area contributed by atoms with Crippen molar-refractivity contribution in [3.63, 3.8) is 0 Å². The lowest BCUT2D eigenvalue weighted by Crippen LogP contribution is -2.38. The minimum Gasteiger partial charge on any atom is -0.283 e. The third kappa shape index (κ3) is 1.55. The van der Waals surface area contributed by atoms with Crippen LogP contribution in [-0.4, -0.2) is 23.5 Å². The topological polar surface area (TPSA) is 66.6 Å². The Labute approximate surface area is 84.8 Å². The van der Waals surface area contributed by atoms with Crippen molar-refractivity contribution >= 4 is 17.6 Å². The van der Waals surface area contributed by atoms with Gasteiger partial charge in [0.2, 0.25) is 0 Å². The average molecular weight is 209 g/mol. The van der Waals surface area contributed by atoms with Crippen LogP contribution in [0.25, 0.3) is 0 Å². The van der Waals surface area contributed by atoms with Crippen molar-refractivity contribution in [1.82, 2.24) is 5.01 Å². The van der Waals surface area contributed by atoms with Crippen molar-refractivity contribution in [2.75, 3.05) is 11.4 Å². The molecule has 1 fully saturated rings. The second-order valence-corrected chi connectivity index (χ2v) is 3.11. The number of anilines is 1. The average Bonchev–Trinajstić information content (AvgIpc) is 2.47. The fourth-order valence-corrected chi connectivity index (χ4v) is 1.34. The zero-order valence-corrected chi connectivity index (χ0v) is 7.68. The molecule has 5 nitrogen and oxygen atoms in total. The summed E-state index contributed by atoms with van der Waals surface area (Å²) in [6.07, 6.45) is 0. The van der Waals surface area contributed by atoms with E-state index in [-0.39, 0.29) is 6.54 Å². The number of benzene rings is 1. The van der Waals surface area contributed by atoms with Gasteiger partial charge in [-0.1, -0.05) is 0 Å². The van der Waals surface area contributed by atoms with Crippen LogP contribution in [0, 0.1) is 5.82 Å². The molecule has 1 aliphatic rings. The first-order chi connectivity index (χ1) is 7.09. The van der Waals surface area contributed by atoms with Crippen molar-refractivity contribution in [3.8, 4) is 0 Å². The first-order valence-corrected chi connectivity index (χ1v) is 4.24. The normalized spacial score (nSPS) is 16.4. The highest BCUT2D eigenvalue weighted by Crippen LogP contribution is 2.19. The molecule has 0 aliphatic carbocycles. The van der Waals surface area contributed by atoms with Gasteiger partial charge in [-0.3, -0.25) is 9.69 Å². The van der Waals surface area contributed by atoms with Crippen LogP contribution in [-0.2, 0) is 4.79 Å². The molecule has 15 heavy (non-hydrogen) atoms. The Morgan fingerprint density at radius 2 is 1.80 bits per heavy atom. The number of hydrazine groups is 1. The predicted molar refractivity (Wildman–Crippen MR) is 50.2 cm³/mol. The molecule has 0 atom stereocenters. The third-order valence-electron chi connectivity index (χ3n) is 2.14. The molecule has 2 N–H and O–H groups in total. The predicted octanol–water partition coefficient (Wildman–Crippen LogP) is 0.468. The maximum absolute atomic E-state index is 12.6.